The molecule has 1 aliphatic rings. The lowest BCUT2D eigenvalue weighted by molar-refractivity contribution is -0.123. The maximum atomic E-state index is 8.36. The summed E-state index contributed by atoms with van der Waals surface area (Å²) in [6, 6.07) is 12.7. The van der Waals surface area contributed by atoms with Gasteiger partial charge in [0.05, 0.1) is 5.52 Å². The Morgan fingerprint density at radius 1 is 0.968 bits per heavy atom. The number of nitrogens with zero attached hydrogens (tertiary/aromatic N) is 4. The molecule has 0 amide bonds. The topological polar surface area (TPSA) is 135 Å². The molecule has 1 fully saturated rings. The zero-order valence-corrected chi connectivity index (χ0v) is 17.2. The van der Waals surface area contributed by atoms with Crippen molar-refractivity contribution in [2.24, 2.45) is 0 Å². The summed E-state index contributed by atoms with van der Waals surface area (Å²) in [6.07, 6.45) is 3.51. The summed E-state index contributed by atoms with van der Waals surface area (Å²) >= 11 is 0. The molecule has 31 heavy (non-hydrogen) atoms. The summed E-state index contributed by atoms with van der Waals surface area (Å²) in [7, 11) is 0. The van der Waals surface area contributed by atoms with Crippen molar-refractivity contribution in [2.75, 3.05) is 44.6 Å². The molecule has 1 aliphatic heterocycles. The van der Waals surface area contributed by atoms with Gasteiger partial charge < -0.3 is 20.5 Å². The fourth-order valence-corrected chi connectivity index (χ4v) is 3.35. The lowest BCUT2D eigenvalue weighted by Crippen LogP contribution is -2.47. The maximum Gasteiger partial charge on any atom is 0.290 e. The third-order valence-corrected chi connectivity index (χ3v) is 4.78. The van der Waals surface area contributed by atoms with Crippen LogP contribution in [-0.2, 0) is 16.1 Å². The number of fused-ring (bicyclic) bond motifs is 1. The largest absolute Gasteiger partial charge is 0.483 e. The van der Waals surface area contributed by atoms with Gasteiger partial charge in [0, 0.05) is 52.0 Å². The zero-order valence-electron chi connectivity index (χ0n) is 17.2. The molecule has 0 spiro atoms. The highest BCUT2D eigenvalue weighted by molar-refractivity contribution is 5.85. The van der Waals surface area contributed by atoms with Gasteiger partial charge in [-0.15, -0.1) is 0 Å². The highest BCUT2D eigenvalue weighted by atomic mass is 16.3. The summed E-state index contributed by atoms with van der Waals surface area (Å²) in [5.41, 5.74) is 3.33. The second kappa shape index (κ2) is 13.7. The predicted molar refractivity (Wildman–Crippen MR) is 118 cm³/mol. The Bertz CT molecular complexity index is 891. The van der Waals surface area contributed by atoms with Gasteiger partial charge in [-0.05, 0) is 11.6 Å². The molecule has 0 radical (unpaired) electrons. The molecule has 3 heterocycles. The summed E-state index contributed by atoms with van der Waals surface area (Å²) in [5, 5.41) is 17.2. The maximum absolute atomic E-state index is 8.36. The van der Waals surface area contributed by atoms with E-state index in [1.807, 2.05) is 12.3 Å². The first-order chi connectivity index (χ1) is 15.2. The van der Waals surface area contributed by atoms with Gasteiger partial charge in [-0.1, -0.05) is 30.3 Å². The molecule has 0 unspecified atom stereocenters. The third kappa shape index (κ3) is 8.03. The first-order valence-corrected chi connectivity index (χ1v) is 9.88. The second-order valence-corrected chi connectivity index (χ2v) is 6.70. The van der Waals surface area contributed by atoms with E-state index in [0.717, 1.165) is 62.7 Å². The number of hydrogen-bond donors (Lipinski definition) is 4. The number of aromatic amines is 1. The number of hydrogen-bond acceptors (Lipinski definition) is 7. The number of piperazine rings is 1. The standard InChI is InChI=1S/C19H24N6.2CH2O2/c1-2-4-16(5-3-1)14-25-12-10-24(11-13-25)9-8-21-19-18-17(6-7-20-18)22-15-23-19;2*2-1-3/h1-7,15,20H,8-14H2,(H,21,22,23);2*1H,(H,2,3). The molecular formula is C21H28N6O4. The van der Waals surface area contributed by atoms with Crippen LogP contribution >= 0.6 is 0 Å². The van der Waals surface area contributed by atoms with Crippen LogP contribution in [0.4, 0.5) is 5.82 Å². The number of H-pyrrole nitrogens is 1. The average Bonchev–Trinajstić information content (AvgIpc) is 3.27. The Morgan fingerprint density at radius 3 is 2.29 bits per heavy atom. The lowest BCUT2D eigenvalue weighted by atomic mass is 10.2. The first-order valence-electron chi connectivity index (χ1n) is 9.88. The Morgan fingerprint density at radius 2 is 1.61 bits per heavy atom. The minimum absolute atomic E-state index is 0.250. The van der Waals surface area contributed by atoms with Gasteiger partial charge in [-0.2, -0.15) is 0 Å². The number of benzene rings is 1. The molecule has 1 aromatic carbocycles. The van der Waals surface area contributed by atoms with Crippen LogP contribution in [0.5, 0.6) is 0 Å². The molecule has 10 nitrogen and oxygen atoms in total. The minimum atomic E-state index is -0.250. The van der Waals surface area contributed by atoms with Crippen molar-refractivity contribution < 1.29 is 19.8 Å². The SMILES string of the molecule is O=CO.O=CO.c1ccc(CN2CCN(CCNc3ncnc4cc[nH]c34)CC2)cc1. The first kappa shape index (κ1) is 23.8. The molecule has 3 aromatic rings. The van der Waals surface area contributed by atoms with Crippen LogP contribution in [0.3, 0.4) is 0 Å². The lowest BCUT2D eigenvalue weighted by Gasteiger charge is -2.34. The highest BCUT2D eigenvalue weighted by Crippen LogP contribution is 2.16. The number of rotatable bonds is 6. The van der Waals surface area contributed by atoms with Crippen LogP contribution < -0.4 is 5.32 Å². The summed E-state index contributed by atoms with van der Waals surface area (Å²) in [5.74, 6) is 0.887. The Balaban J connectivity index is 0.000000513. The van der Waals surface area contributed by atoms with Crippen molar-refractivity contribution in [1.29, 1.82) is 0 Å². The molecule has 2 aromatic heterocycles. The summed E-state index contributed by atoms with van der Waals surface area (Å²) in [6.45, 7) is 6.98. The van der Waals surface area contributed by atoms with E-state index in [2.05, 4.69) is 60.4 Å². The monoisotopic (exact) mass is 428 g/mol. The van der Waals surface area contributed by atoms with Crippen LogP contribution in [0.1, 0.15) is 5.56 Å². The third-order valence-electron chi connectivity index (χ3n) is 4.78. The molecule has 0 saturated carbocycles. The van der Waals surface area contributed by atoms with Gasteiger partial charge in [0.1, 0.15) is 11.8 Å². The molecule has 0 bridgehead atoms. The molecular weight excluding hydrogens is 400 g/mol. The van der Waals surface area contributed by atoms with E-state index in [-0.39, 0.29) is 12.9 Å². The number of carbonyl (C=O) groups is 2. The summed E-state index contributed by atoms with van der Waals surface area (Å²) in [4.78, 5) is 33.6. The van der Waals surface area contributed by atoms with E-state index in [1.54, 1.807) is 6.33 Å². The van der Waals surface area contributed by atoms with Crippen LogP contribution in [0.15, 0.2) is 48.9 Å². The Hall–Kier alpha value is -3.50. The highest BCUT2D eigenvalue weighted by Gasteiger charge is 2.16. The molecule has 0 atom stereocenters. The van der Waals surface area contributed by atoms with Crippen LogP contribution in [0.25, 0.3) is 11.0 Å². The van der Waals surface area contributed by atoms with Gasteiger partial charge in [0.15, 0.2) is 5.82 Å². The summed E-state index contributed by atoms with van der Waals surface area (Å²) < 4.78 is 0. The number of anilines is 1. The number of carboxylic acid groups (broad SMARTS) is 2. The minimum Gasteiger partial charge on any atom is -0.483 e. The molecule has 0 aliphatic carbocycles. The number of aromatic nitrogens is 3. The Kier molecular flexibility index (Phi) is 10.5. The van der Waals surface area contributed by atoms with Crippen molar-refractivity contribution in [1.82, 2.24) is 24.8 Å². The van der Waals surface area contributed by atoms with Crippen LogP contribution in [0.2, 0.25) is 0 Å². The predicted octanol–water partition coefficient (Wildman–Crippen LogP) is 1.59. The zero-order chi connectivity index (χ0) is 22.3. The van der Waals surface area contributed by atoms with Gasteiger partial charge in [0.25, 0.3) is 12.9 Å². The van der Waals surface area contributed by atoms with Crippen molar-refractivity contribution >= 4 is 29.8 Å². The molecule has 4 N–H and O–H groups in total. The molecule has 1 saturated heterocycles. The van der Waals surface area contributed by atoms with Gasteiger partial charge in [0.2, 0.25) is 0 Å². The van der Waals surface area contributed by atoms with Crippen LogP contribution in [0, 0.1) is 0 Å². The molecule has 4 rings (SSSR count). The molecule has 166 valence electrons. The number of nitrogens with one attached hydrogen (secondary N) is 2. The van der Waals surface area contributed by atoms with E-state index in [1.165, 1.54) is 5.56 Å². The average molecular weight is 428 g/mol. The van der Waals surface area contributed by atoms with E-state index < -0.39 is 0 Å². The van der Waals surface area contributed by atoms with E-state index in [9.17, 15) is 0 Å². The van der Waals surface area contributed by atoms with E-state index in [0.29, 0.717) is 0 Å². The molecule has 10 heteroatoms. The van der Waals surface area contributed by atoms with Crippen molar-refractivity contribution in [2.45, 2.75) is 6.54 Å². The van der Waals surface area contributed by atoms with Gasteiger partial charge in [-0.25, -0.2) is 9.97 Å². The van der Waals surface area contributed by atoms with Gasteiger partial charge >= 0.3 is 0 Å². The van der Waals surface area contributed by atoms with Crippen molar-refractivity contribution in [3.63, 3.8) is 0 Å². The van der Waals surface area contributed by atoms with Gasteiger partial charge in [-0.3, -0.25) is 19.4 Å². The normalized spacial score (nSPS) is 13.9. The second-order valence-electron chi connectivity index (χ2n) is 6.70. The Labute approximate surface area is 180 Å². The quantitative estimate of drug-likeness (QED) is 0.432. The fourth-order valence-electron chi connectivity index (χ4n) is 3.35. The fraction of sp³-hybridized carbons (Fsp3) is 0.333. The smallest absolute Gasteiger partial charge is 0.290 e. The van der Waals surface area contributed by atoms with E-state index >= 15 is 0 Å². The van der Waals surface area contributed by atoms with Crippen molar-refractivity contribution in [3.8, 4) is 0 Å². The van der Waals surface area contributed by atoms with E-state index in [4.69, 9.17) is 19.8 Å². The van der Waals surface area contributed by atoms with Crippen molar-refractivity contribution in [3.05, 3.63) is 54.5 Å². The van der Waals surface area contributed by atoms with Crippen LogP contribution in [-0.4, -0.2) is 87.2 Å².